The monoisotopic (exact) mass is 168 g/mol. The molecule has 1 rings (SSSR count). The average molecular weight is 168 g/mol. The molecule has 0 aliphatic rings. The van der Waals surface area contributed by atoms with Crippen molar-refractivity contribution in [2.45, 2.75) is 13.3 Å². The van der Waals surface area contributed by atoms with Crippen LogP contribution in [0, 0.1) is 0 Å². The largest absolute Gasteiger partial charge is 0.476 e. The highest BCUT2D eigenvalue weighted by Gasteiger charge is 2.04. The maximum Gasteiger partial charge on any atom is 0.242 e. The van der Waals surface area contributed by atoms with Gasteiger partial charge in [0.25, 0.3) is 0 Å². The summed E-state index contributed by atoms with van der Waals surface area (Å²) in [7, 11) is 0. The molecule has 0 saturated carbocycles. The Hall–Kier alpha value is -1.52. The Labute approximate surface area is 70.8 Å². The Kier molecular flexibility index (Phi) is 2.68. The van der Waals surface area contributed by atoms with Crippen molar-refractivity contribution in [3.8, 4) is 5.88 Å². The van der Waals surface area contributed by atoms with Crippen LogP contribution in [0.4, 0.5) is 11.5 Å². The first kappa shape index (κ1) is 8.58. The number of aromatic nitrogens is 2. The fourth-order valence-corrected chi connectivity index (χ4v) is 0.706. The lowest BCUT2D eigenvalue weighted by Gasteiger charge is -2.06. The third kappa shape index (κ3) is 1.75. The summed E-state index contributed by atoms with van der Waals surface area (Å²) in [4.78, 5) is 7.55. The van der Waals surface area contributed by atoms with E-state index in [0.29, 0.717) is 18.2 Å². The van der Waals surface area contributed by atoms with Gasteiger partial charge in [-0.2, -0.15) is 4.98 Å². The molecule has 0 radical (unpaired) electrons. The second-order valence-electron chi connectivity index (χ2n) is 2.33. The Morgan fingerprint density at radius 1 is 1.42 bits per heavy atom. The van der Waals surface area contributed by atoms with Gasteiger partial charge in [-0.25, -0.2) is 4.98 Å². The first-order valence-corrected chi connectivity index (χ1v) is 3.74. The minimum Gasteiger partial charge on any atom is -0.476 e. The van der Waals surface area contributed by atoms with Crippen LogP contribution in [0.5, 0.6) is 5.88 Å². The van der Waals surface area contributed by atoms with Crippen LogP contribution in [0.3, 0.4) is 0 Å². The van der Waals surface area contributed by atoms with Crippen LogP contribution < -0.4 is 16.2 Å². The van der Waals surface area contributed by atoms with Gasteiger partial charge in [0.1, 0.15) is 12.0 Å². The minimum absolute atomic E-state index is 0.260. The third-order valence-electron chi connectivity index (χ3n) is 1.32. The Bertz CT molecular complexity index is 264. The molecular weight excluding hydrogens is 156 g/mol. The zero-order chi connectivity index (χ0) is 8.97. The number of hydrogen-bond acceptors (Lipinski definition) is 5. The summed E-state index contributed by atoms with van der Waals surface area (Å²) in [5.74, 6) is 0.625. The topological polar surface area (TPSA) is 87.0 Å². The molecule has 0 spiro atoms. The van der Waals surface area contributed by atoms with E-state index in [2.05, 4.69) is 9.97 Å². The van der Waals surface area contributed by atoms with Gasteiger partial charge in [-0.3, -0.25) is 0 Å². The van der Waals surface area contributed by atoms with Crippen molar-refractivity contribution in [3.05, 3.63) is 6.33 Å². The van der Waals surface area contributed by atoms with E-state index in [1.165, 1.54) is 6.33 Å². The van der Waals surface area contributed by atoms with E-state index >= 15 is 0 Å². The van der Waals surface area contributed by atoms with Crippen LogP contribution in [0.1, 0.15) is 13.3 Å². The normalized spacial score (nSPS) is 9.75. The Balaban J connectivity index is 2.78. The molecule has 5 heteroatoms. The highest BCUT2D eigenvalue weighted by molar-refractivity contribution is 5.63. The molecule has 4 N–H and O–H groups in total. The van der Waals surface area contributed by atoms with Gasteiger partial charge in [0.05, 0.1) is 6.61 Å². The molecule has 12 heavy (non-hydrogen) atoms. The maximum absolute atomic E-state index is 5.55. The van der Waals surface area contributed by atoms with Crippen LogP contribution in [-0.2, 0) is 0 Å². The molecule has 0 amide bonds. The van der Waals surface area contributed by atoms with Gasteiger partial charge >= 0.3 is 0 Å². The van der Waals surface area contributed by atoms with Gasteiger partial charge < -0.3 is 16.2 Å². The lowest BCUT2D eigenvalue weighted by atomic mass is 10.4. The van der Waals surface area contributed by atoms with Crippen molar-refractivity contribution in [1.82, 2.24) is 9.97 Å². The van der Waals surface area contributed by atoms with Crippen LogP contribution in [0.15, 0.2) is 6.33 Å². The van der Waals surface area contributed by atoms with E-state index in [4.69, 9.17) is 16.2 Å². The first-order valence-electron chi connectivity index (χ1n) is 3.74. The van der Waals surface area contributed by atoms with Gasteiger partial charge in [0, 0.05) is 0 Å². The van der Waals surface area contributed by atoms with E-state index in [1.807, 2.05) is 6.92 Å². The van der Waals surface area contributed by atoms with Gasteiger partial charge in [-0.1, -0.05) is 6.92 Å². The number of nitrogen functional groups attached to an aromatic ring is 2. The number of nitrogens with two attached hydrogens (primary N) is 2. The molecule has 0 bridgehead atoms. The van der Waals surface area contributed by atoms with Crippen molar-refractivity contribution < 1.29 is 4.74 Å². The molecular formula is C7H12N4O. The molecule has 0 atom stereocenters. The standard InChI is InChI=1S/C7H12N4O/c1-2-3-12-7-5(8)6(9)10-4-11-7/h4H,2-3,8H2,1H3,(H2,9,10,11). The summed E-state index contributed by atoms with van der Waals surface area (Å²) < 4.78 is 5.21. The van der Waals surface area contributed by atoms with Crippen LogP contribution in [-0.4, -0.2) is 16.6 Å². The van der Waals surface area contributed by atoms with E-state index in [-0.39, 0.29) is 5.82 Å². The maximum atomic E-state index is 5.55. The van der Waals surface area contributed by atoms with Gasteiger partial charge in [-0.15, -0.1) is 0 Å². The molecule has 0 fully saturated rings. The minimum atomic E-state index is 0.260. The van der Waals surface area contributed by atoms with Gasteiger partial charge in [0.15, 0.2) is 5.82 Å². The molecule has 1 aromatic rings. The zero-order valence-corrected chi connectivity index (χ0v) is 6.95. The quantitative estimate of drug-likeness (QED) is 0.683. The van der Waals surface area contributed by atoms with Crippen molar-refractivity contribution in [1.29, 1.82) is 0 Å². The van der Waals surface area contributed by atoms with Crippen molar-refractivity contribution in [2.75, 3.05) is 18.1 Å². The molecule has 66 valence electrons. The summed E-state index contributed by atoms with van der Waals surface area (Å²) in [6.07, 6.45) is 2.24. The molecule has 0 saturated heterocycles. The molecule has 0 aliphatic heterocycles. The second-order valence-corrected chi connectivity index (χ2v) is 2.33. The number of rotatable bonds is 3. The summed E-state index contributed by atoms with van der Waals surface area (Å²) in [6.45, 7) is 2.58. The fourth-order valence-electron chi connectivity index (χ4n) is 0.706. The molecule has 1 aromatic heterocycles. The zero-order valence-electron chi connectivity index (χ0n) is 6.95. The van der Waals surface area contributed by atoms with Crippen LogP contribution in [0.2, 0.25) is 0 Å². The molecule has 0 aromatic carbocycles. The number of ether oxygens (including phenoxy) is 1. The molecule has 1 heterocycles. The highest BCUT2D eigenvalue weighted by Crippen LogP contribution is 2.21. The predicted molar refractivity (Wildman–Crippen MR) is 46.6 cm³/mol. The summed E-state index contributed by atoms with van der Waals surface area (Å²) in [5.41, 5.74) is 11.3. The summed E-state index contributed by atoms with van der Waals surface area (Å²) >= 11 is 0. The Morgan fingerprint density at radius 3 is 2.83 bits per heavy atom. The summed E-state index contributed by atoms with van der Waals surface area (Å²) in [5, 5.41) is 0. The fraction of sp³-hybridized carbons (Fsp3) is 0.429. The lowest BCUT2D eigenvalue weighted by molar-refractivity contribution is 0.307. The van der Waals surface area contributed by atoms with Gasteiger partial charge in [-0.05, 0) is 6.42 Å². The van der Waals surface area contributed by atoms with Crippen molar-refractivity contribution in [3.63, 3.8) is 0 Å². The van der Waals surface area contributed by atoms with E-state index in [0.717, 1.165) is 6.42 Å². The van der Waals surface area contributed by atoms with Crippen LogP contribution in [0.25, 0.3) is 0 Å². The number of anilines is 2. The SMILES string of the molecule is CCCOc1ncnc(N)c1N. The van der Waals surface area contributed by atoms with E-state index in [1.54, 1.807) is 0 Å². The summed E-state index contributed by atoms with van der Waals surface area (Å²) in [6, 6.07) is 0. The Morgan fingerprint density at radius 2 is 2.17 bits per heavy atom. The highest BCUT2D eigenvalue weighted by atomic mass is 16.5. The lowest BCUT2D eigenvalue weighted by Crippen LogP contribution is -2.05. The molecule has 0 aliphatic carbocycles. The van der Waals surface area contributed by atoms with E-state index in [9.17, 15) is 0 Å². The van der Waals surface area contributed by atoms with Crippen LogP contribution >= 0.6 is 0 Å². The molecule has 5 nitrogen and oxygen atoms in total. The third-order valence-corrected chi connectivity index (χ3v) is 1.32. The molecule has 0 unspecified atom stereocenters. The second kappa shape index (κ2) is 3.75. The number of nitrogens with zero attached hydrogens (tertiary/aromatic N) is 2. The number of hydrogen-bond donors (Lipinski definition) is 2. The van der Waals surface area contributed by atoms with Crippen molar-refractivity contribution >= 4 is 11.5 Å². The smallest absolute Gasteiger partial charge is 0.242 e. The average Bonchev–Trinajstić information content (AvgIpc) is 2.08. The van der Waals surface area contributed by atoms with E-state index < -0.39 is 0 Å². The first-order chi connectivity index (χ1) is 5.75. The van der Waals surface area contributed by atoms with Crippen molar-refractivity contribution in [2.24, 2.45) is 0 Å². The predicted octanol–water partition coefficient (Wildman–Crippen LogP) is 0.430. The van der Waals surface area contributed by atoms with Gasteiger partial charge in [0.2, 0.25) is 5.88 Å².